The third kappa shape index (κ3) is 4.91. The number of benzene rings is 1. The first-order chi connectivity index (χ1) is 9.23. The van der Waals surface area contributed by atoms with Crippen molar-refractivity contribution in [3.8, 4) is 0 Å². The second kappa shape index (κ2) is 6.41. The maximum Gasteiger partial charge on any atom is 0.408 e. The lowest BCUT2D eigenvalue weighted by Crippen LogP contribution is -2.34. The van der Waals surface area contributed by atoms with Crippen LogP contribution in [-0.4, -0.2) is 24.8 Å². The highest BCUT2D eigenvalue weighted by molar-refractivity contribution is 5.89. The molecule has 0 fully saturated rings. The van der Waals surface area contributed by atoms with Crippen molar-refractivity contribution < 1.29 is 19.1 Å². The lowest BCUT2D eigenvalue weighted by Gasteiger charge is -2.22. The summed E-state index contributed by atoms with van der Waals surface area (Å²) in [6, 6.07) is 6.65. The van der Waals surface area contributed by atoms with Crippen LogP contribution in [0.4, 0.5) is 4.79 Å². The predicted molar refractivity (Wildman–Crippen MR) is 75.6 cm³/mol. The quantitative estimate of drug-likeness (QED) is 0.864. The molecular formula is C15H21NO4. The molecule has 110 valence electrons. The molecule has 1 aromatic rings. The number of carbonyl (C=O) groups is 2. The molecule has 1 rings (SSSR count). The van der Waals surface area contributed by atoms with Gasteiger partial charge in [0.1, 0.15) is 5.60 Å². The van der Waals surface area contributed by atoms with E-state index in [-0.39, 0.29) is 6.04 Å². The Morgan fingerprint density at radius 2 is 1.90 bits per heavy atom. The van der Waals surface area contributed by atoms with E-state index in [4.69, 9.17) is 4.74 Å². The van der Waals surface area contributed by atoms with Crippen molar-refractivity contribution in [2.24, 2.45) is 0 Å². The van der Waals surface area contributed by atoms with E-state index in [2.05, 4.69) is 10.1 Å². The third-order valence-corrected chi connectivity index (χ3v) is 2.54. The number of nitrogens with one attached hydrogen (secondary N) is 1. The van der Waals surface area contributed by atoms with Crippen molar-refractivity contribution in [2.75, 3.05) is 7.11 Å². The highest BCUT2D eigenvalue weighted by atomic mass is 16.6. The number of ether oxygens (including phenoxy) is 2. The van der Waals surface area contributed by atoms with Gasteiger partial charge in [0.05, 0.1) is 18.7 Å². The summed E-state index contributed by atoms with van der Waals surface area (Å²) < 4.78 is 9.85. The molecule has 0 aromatic heterocycles. The molecular weight excluding hydrogens is 258 g/mol. The summed E-state index contributed by atoms with van der Waals surface area (Å²) in [5.74, 6) is -0.406. The van der Waals surface area contributed by atoms with Crippen molar-refractivity contribution >= 4 is 12.1 Å². The first-order valence-electron chi connectivity index (χ1n) is 6.40. The summed E-state index contributed by atoms with van der Waals surface area (Å²) in [6.45, 7) is 7.22. The van der Waals surface area contributed by atoms with Gasteiger partial charge in [-0.15, -0.1) is 0 Å². The van der Waals surface area contributed by atoms with Crippen LogP contribution in [0.15, 0.2) is 24.3 Å². The van der Waals surface area contributed by atoms with Gasteiger partial charge in [-0.3, -0.25) is 0 Å². The van der Waals surface area contributed by atoms with Gasteiger partial charge in [-0.2, -0.15) is 0 Å². The van der Waals surface area contributed by atoms with Crippen LogP contribution in [0.1, 0.15) is 49.7 Å². The molecule has 5 nitrogen and oxygen atoms in total. The second-order valence-corrected chi connectivity index (χ2v) is 5.48. The Kier molecular flexibility index (Phi) is 5.13. The molecule has 0 aliphatic carbocycles. The van der Waals surface area contributed by atoms with Gasteiger partial charge in [0, 0.05) is 0 Å². The minimum absolute atomic E-state index is 0.269. The molecule has 5 heteroatoms. The molecule has 0 saturated carbocycles. The number of alkyl carbamates (subject to hydrolysis) is 1. The predicted octanol–water partition coefficient (Wildman–Crippen LogP) is 3.06. The fourth-order valence-electron chi connectivity index (χ4n) is 1.62. The maximum absolute atomic E-state index is 11.7. The van der Waals surface area contributed by atoms with E-state index in [0.717, 1.165) is 5.56 Å². The van der Waals surface area contributed by atoms with E-state index < -0.39 is 17.7 Å². The minimum Gasteiger partial charge on any atom is -0.465 e. The van der Waals surface area contributed by atoms with E-state index in [1.807, 2.05) is 13.0 Å². The average molecular weight is 279 g/mol. The molecule has 1 atom stereocenters. The van der Waals surface area contributed by atoms with Gasteiger partial charge >= 0.3 is 12.1 Å². The van der Waals surface area contributed by atoms with Gasteiger partial charge in [-0.1, -0.05) is 12.1 Å². The highest BCUT2D eigenvalue weighted by Gasteiger charge is 2.18. The van der Waals surface area contributed by atoms with E-state index in [1.54, 1.807) is 39.0 Å². The number of amides is 1. The minimum atomic E-state index is -0.544. The monoisotopic (exact) mass is 279 g/mol. The summed E-state index contributed by atoms with van der Waals surface area (Å²) >= 11 is 0. The van der Waals surface area contributed by atoms with Crippen LogP contribution in [0, 0.1) is 0 Å². The fraction of sp³-hybridized carbons (Fsp3) is 0.467. The van der Waals surface area contributed by atoms with Crippen molar-refractivity contribution in [1.82, 2.24) is 5.32 Å². The van der Waals surface area contributed by atoms with Gasteiger partial charge in [-0.05, 0) is 45.4 Å². The molecule has 0 radical (unpaired) electrons. The average Bonchev–Trinajstić information content (AvgIpc) is 2.35. The second-order valence-electron chi connectivity index (χ2n) is 5.48. The van der Waals surface area contributed by atoms with E-state index in [1.165, 1.54) is 7.11 Å². The zero-order chi connectivity index (χ0) is 15.3. The van der Waals surface area contributed by atoms with Gasteiger partial charge < -0.3 is 14.8 Å². The highest BCUT2D eigenvalue weighted by Crippen LogP contribution is 2.16. The van der Waals surface area contributed by atoms with E-state index in [9.17, 15) is 9.59 Å². The lowest BCUT2D eigenvalue weighted by molar-refractivity contribution is 0.0507. The normalized spacial score (nSPS) is 12.4. The smallest absolute Gasteiger partial charge is 0.408 e. The molecule has 0 spiro atoms. The number of carbonyl (C=O) groups excluding carboxylic acids is 2. The van der Waals surface area contributed by atoms with Crippen molar-refractivity contribution in [3.05, 3.63) is 35.4 Å². The summed E-state index contributed by atoms with van der Waals surface area (Å²) in [4.78, 5) is 23.2. The Bertz CT molecular complexity index is 491. The number of rotatable bonds is 3. The van der Waals surface area contributed by atoms with Crippen LogP contribution in [0.3, 0.4) is 0 Å². The summed E-state index contributed by atoms with van der Waals surface area (Å²) in [6.07, 6.45) is -0.492. The zero-order valence-corrected chi connectivity index (χ0v) is 12.5. The Morgan fingerprint density at radius 3 is 2.45 bits per heavy atom. The van der Waals surface area contributed by atoms with Crippen LogP contribution < -0.4 is 5.32 Å². The molecule has 1 unspecified atom stereocenters. The molecule has 1 N–H and O–H groups in total. The molecule has 1 aromatic carbocycles. The molecule has 0 bridgehead atoms. The lowest BCUT2D eigenvalue weighted by atomic mass is 10.1. The Balaban J connectivity index is 2.75. The number of hydrogen-bond acceptors (Lipinski definition) is 4. The Labute approximate surface area is 119 Å². The van der Waals surface area contributed by atoms with Gasteiger partial charge in [-0.25, -0.2) is 9.59 Å². The van der Waals surface area contributed by atoms with Crippen LogP contribution in [0.5, 0.6) is 0 Å². The third-order valence-electron chi connectivity index (χ3n) is 2.54. The van der Waals surface area contributed by atoms with Crippen molar-refractivity contribution in [2.45, 2.75) is 39.3 Å². The molecule has 0 heterocycles. The first kappa shape index (κ1) is 16.0. The first-order valence-corrected chi connectivity index (χ1v) is 6.40. The molecule has 20 heavy (non-hydrogen) atoms. The number of hydrogen-bond donors (Lipinski definition) is 1. The van der Waals surface area contributed by atoms with Crippen LogP contribution in [0.2, 0.25) is 0 Å². The SMILES string of the molecule is COC(=O)c1cccc(C(C)NC(=O)OC(C)(C)C)c1. The summed E-state index contributed by atoms with van der Waals surface area (Å²) in [5, 5.41) is 2.72. The van der Waals surface area contributed by atoms with Crippen LogP contribution in [-0.2, 0) is 9.47 Å². The largest absolute Gasteiger partial charge is 0.465 e. The molecule has 0 aliphatic heterocycles. The number of methoxy groups -OCH3 is 1. The fourth-order valence-corrected chi connectivity index (χ4v) is 1.62. The number of esters is 1. The summed E-state index contributed by atoms with van der Waals surface area (Å²) in [5.41, 5.74) is 0.707. The van der Waals surface area contributed by atoms with Crippen LogP contribution >= 0.6 is 0 Å². The molecule has 0 saturated heterocycles. The standard InChI is InChI=1S/C15H21NO4/c1-10(16-14(18)20-15(2,3)4)11-7-6-8-12(9-11)13(17)19-5/h6-10H,1-5H3,(H,16,18). The molecule has 1 amide bonds. The van der Waals surface area contributed by atoms with Gasteiger partial charge in [0.25, 0.3) is 0 Å². The van der Waals surface area contributed by atoms with Crippen molar-refractivity contribution in [3.63, 3.8) is 0 Å². The van der Waals surface area contributed by atoms with Gasteiger partial charge in [0.15, 0.2) is 0 Å². The van der Waals surface area contributed by atoms with E-state index in [0.29, 0.717) is 5.56 Å². The van der Waals surface area contributed by atoms with Crippen molar-refractivity contribution in [1.29, 1.82) is 0 Å². The molecule has 0 aliphatic rings. The Hall–Kier alpha value is -2.04. The van der Waals surface area contributed by atoms with E-state index >= 15 is 0 Å². The zero-order valence-electron chi connectivity index (χ0n) is 12.5. The summed E-state index contributed by atoms with van der Waals surface area (Å²) in [7, 11) is 1.33. The Morgan fingerprint density at radius 1 is 1.25 bits per heavy atom. The van der Waals surface area contributed by atoms with Gasteiger partial charge in [0.2, 0.25) is 0 Å². The maximum atomic E-state index is 11.7. The van der Waals surface area contributed by atoms with Crippen LogP contribution in [0.25, 0.3) is 0 Å². The topological polar surface area (TPSA) is 64.6 Å².